The molecular weight excluding hydrogens is 262 g/mol. The Morgan fingerprint density at radius 3 is 2.57 bits per heavy atom. The molecule has 2 fully saturated rings. The van der Waals surface area contributed by atoms with E-state index in [1.54, 1.807) is 6.07 Å². The second-order valence-electron chi connectivity index (χ2n) is 6.31. The maximum Gasteiger partial charge on any atom is 0.257 e. The van der Waals surface area contributed by atoms with Crippen molar-refractivity contribution < 1.29 is 9.90 Å². The van der Waals surface area contributed by atoms with Crippen LogP contribution in [-0.2, 0) is 0 Å². The van der Waals surface area contributed by atoms with E-state index in [-0.39, 0.29) is 11.7 Å². The van der Waals surface area contributed by atoms with Crippen LogP contribution < -0.4 is 0 Å². The second-order valence-corrected chi connectivity index (χ2v) is 6.31. The van der Waals surface area contributed by atoms with Gasteiger partial charge in [-0.1, -0.05) is 30.3 Å². The van der Waals surface area contributed by atoms with E-state index in [1.807, 2.05) is 35.2 Å². The largest absolute Gasteiger partial charge is 0.506 e. The smallest absolute Gasteiger partial charge is 0.257 e. The van der Waals surface area contributed by atoms with Crippen molar-refractivity contribution in [1.82, 2.24) is 4.90 Å². The lowest BCUT2D eigenvalue weighted by Crippen LogP contribution is -2.34. The summed E-state index contributed by atoms with van der Waals surface area (Å²) in [5, 5.41) is 12.2. The lowest BCUT2D eigenvalue weighted by Gasteiger charge is -2.23. The number of nitrogens with zero attached hydrogens (tertiary/aromatic N) is 1. The van der Waals surface area contributed by atoms with Gasteiger partial charge in [-0.05, 0) is 43.1 Å². The molecule has 0 radical (unpaired) electrons. The predicted octanol–water partition coefficient (Wildman–Crippen LogP) is 3.56. The molecule has 2 aromatic rings. The van der Waals surface area contributed by atoms with Gasteiger partial charge in [0.15, 0.2) is 0 Å². The summed E-state index contributed by atoms with van der Waals surface area (Å²) in [6, 6.07) is 11.7. The van der Waals surface area contributed by atoms with Gasteiger partial charge in [0.25, 0.3) is 5.91 Å². The van der Waals surface area contributed by atoms with Gasteiger partial charge in [0.2, 0.25) is 0 Å². The molecule has 0 aliphatic heterocycles. The average Bonchev–Trinajstić information content (AvgIpc) is 3.38. The van der Waals surface area contributed by atoms with Gasteiger partial charge >= 0.3 is 0 Å². The summed E-state index contributed by atoms with van der Waals surface area (Å²) in [6.45, 7) is 0.857. The number of benzene rings is 2. The number of fused-ring (bicyclic) bond motifs is 1. The van der Waals surface area contributed by atoms with E-state index < -0.39 is 0 Å². The molecule has 4 rings (SSSR count). The summed E-state index contributed by atoms with van der Waals surface area (Å²) in [4.78, 5) is 14.8. The van der Waals surface area contributed by atoms with Gasteiger partial charge in [0.05, 0.1) is 5.56 Å². The number of phenols is 1. The predicted molar refractivity (Wildman–Crippen MR) is 82.4 cm³/mol. The lowest BCUT2D eigenvalue weighted by atomic mass is 10.0. The highest BCUT2D eigenvalue weighted by Gasteiger charge is 2.37. The van der Waals surface area contributed by atoms with Crippen molar-refractivity contribution in [3.8, 4) is 5.75 Å². The zero-order valence-corrected chi connectivity index (χ0v) is 12.0. The number of hydrogen-bond acceptors (Lipinski definition) is 2. The van der Waals surface area contributed by atoms with Crippen LogP contribution in [0, 0.1) is 5.92 Å². The molecule has 1 amide bonds. The minimum absolute atomic E-state index is 0.00680. The van der Waals surface area contributed by atoms with Crippen molar-refractivity contribution in [2.45, 2.75) is 31.7 Å². The van der Waals surface area contributed by atoms with Crippen molar-refractivity contribution in [2.75, 3.05) is 6.54 Å². The first kappa shape index (κ1) is 12.7. The van der Waals surface area contributed by atoms with Crippen molar-refractivity contribution in [3.05, 3.63) is 42.0 Å². The van der Waals surface area contributed by atoms with Gasteiger partial charge in [-0.2, -0.15) is 0 Å². The Bertz CT molecular complexity index is 701. The Morgan fingerprint density at radius 1 is 1.10 bits per heavy atom. The number of rotatable bonds is 4. The fourth-order valence-corrected chi connectivity index (χ4v) is 2.95. The van der Waals surface area contributed by atoms with Crippen LogP contribution in [0.3, 0.4) is 0 Å². The molecule has 2 saturated carbocycles. The average molecular weight is 281 g/mol. The topological polar surface area (TPSA) is 40.5 Å². The van der Waals surface area contributed by atoms with Gasteiger partial charge in [0.1, 0.15) is 5.75 Å². The van der Waals surface area contributed by atoms with Crippen molar-refractivity contribution in [1.29, 1.82) is 0 Å². The molecule has 0 atom stereocenters. The third kappa shape index (κ3) is 2.37. The number of carbonyl (C=O) groups excluding carboxylic acids is 1. The Labute approximate surface area is 124 Å². The summed E-state index contributed by atoms with van der Waals surface area (Å²) < 4.78 is 0. The minimum atomic E-state index is -0.00680. The van der Waals surface area contributed by atoms with Crippen LogP contribution in [0.1, 0.15) is 36.0 Å². The Balaban J connectivity index is 1.70. The van der Waals surface area contributed by atoms with E-state index in [1.165, 1.54) is 12.8 Å². The first-order valence-corrected chi connectivity index (χ1v) is 7.76. The summed E-state index contributed by atoms with van der Waals surface area (Å²) in [5.74, 6) is 0.796. The third-order valence-electron chi connectivity index (χ3n) is 4.53. The minimum Gasteiger partial charge on any atom is -0.506 e. The fourth-order valence-electron chi connectivity index (χ4n) is 2.95. The van der Waals surface area contributed by atoms with Gasteiger partial charge < -0.3 is 10.0 Å². The maximum absolute atomic E-state index is 12.8. The van der Waals surface area contributed by atoms with Crippen molar-refractivity contribution >= 4 is 16.7 Å². The first-order valence-electron chi connectivity index (χ1n) is 7.76. The van der Waals surface area contributed by atoms with Crippen LogP contribution in [0.4, 0.5) is 0 Å². The number of amides is 1. The molecule has 0 saturated heterocycles. The number of phenolic OH excluding ortho intramolecular Hbond substituents is 1. The third-order valence-corrected chi connectivity index (χ3v) is 4.53. The molecule has 0 heterocycles. The van der Waals surface area contributed by atoms with Crippen LogP contribution in [0.5, 0.6) is 5.75 Å². The maximum atomic E-state index is 12.8. The van der Waals surface area contributed by atoms with Crippen molar-refractivity contribution in [3.63, 3.8) is 0 Å². The fraction of sp³-hybridized carbons (Fsp3) is 0.389. The molecule has 2 aromatic carbocycles. The van der Waals surface area contributed by atoms with E-state index in [9.17, 15) is 9.90 Å². The Hall–Kier alpha value is -2.03. The van der Waals surface area contributed by atoms with Crippen LogP contribution in [0.2, 0.25) is 0 Å². The van der Waals surface area contributed by atoms with E-state index in [4.69, 9.17) is 0 Å². The lowest BCUT2D eigenvalue weighted by molar-refractivity contribution is 0.0732. The zero-order valence-electron chi connectivity index (χ0n) is 12.0. The van der Waals surface area contributed by atoms with Gasteiger partial charge in [-0.3, -0.25) is 4.79 Å². The molecule has 3 heteroatoms. The molecule has 0 bridgehead atoms. The monoisotopic (exact) mass is 281 g/mol. The van der Waals surface area contributed by atoms with E-state index in [2.05, 4.69) is 0 Å². The molecule has 3 nitrogen and oxygen atoms in total. The van der Waals surface area contributed by atoms with E-state index in [0.717, 1.165) is 30.2 Å². The molecular formula is C18H19NO2. The van der Waals surface area contributed by atoms with Gasteiger partial charge in [-0.15, -0.1) is 0 Å². The van der Waals surface area contributed by atoms with Crippen LogP contribution in [0.15, 0.2) is 36.4 Å². The molecule has 0 spiro atoms. The number of aromatic hydroxyl groups is 1. The molecule has 2 aliphatic carbocycles. The SMILES string of the molecule is O=C(c1ccc2ccccc2c1O)N(CC1CC1)C1CC1. The zero-order chi connectivity index (χ0) is 14.4. The van der Waals surface area contributed by atoms with Crippen molar-refractivity contribution in [2.24, 2.45) is 5.92 Å². The number of hydrogen-bond donors (Lipinski definition) is 1. The molecule has 0 unspecified atom stereocenters. The van der Waals surface area contributed by atoms with E-state index in [0.29, 0.717) is 17.5 Å². The molecule has 1 N–H and O–H groups in total. The van der Waals surface area contributed by atoms with Crippen LogP contribution >= 0.6 is 0 Å². The summed E-state index contributed by atoms with van der Waals surface area (Å²) >= 11 is 0. The summed E-state index contributed by atoms with van der Waals surface area (Å²) in [7, 11) is 0. The summed E-state index contributed by atoms with van der Waals surface area (Å²) in [5.41, 5.74) is 0.446. The highest BCUT2D eigenvalue weighted by Crippen LogP contribution is 2.37. The number of carbonyl (C=O) groups is 1. The molecule has 21 heavy (non-hydrogen) atoms. The molecule has 108 valence electrons. The Morgan fingerprint density at radius 2 is 1.86 bits per heavy atom. The van der Waals surface area contributed by atoms with Crippen LogP contribution in [-0.4, -0.2) is 28.5 Å². The first-order chi connectivity index (χ1) is 10.2. The molecule has 0 aromatic heterocycles. The highest BCUT2D eigenvalue weighted by molar-refractivity contribution is 6.03. The van der Waals surface area contributed by atoms with E-state index >= 15 is 0 Å². The van der Waals surface area contributed by atoms with Crippen LogP contribution in [0.25, 0.3) is 10.8 Å². The Kier molecular flexibility index (Phi) is 2.88. The van der Waals surface area contributed by atoms with Gasteiger partial charge in [0, 0.05) is 18.0 Å². The highest BCUT2D eigenvalue weighted by atomic mass is 16.3. The second kappa shape index (κ2) is 4.76. The normalized spacial score (nSPS) is 17.9. The molecule has 2 aliphatic rings. The standard InChI is InChI=1S/C18H19NO2/c20-17-15-4-2-1-3-13(15)7-10-16(17)18(21)19(14-8-9-14)11-12-5-6-12/h1-4,7,10,12,14,20H,5-6,8-9,11H2. The quantitative estimate of drug-likeness (QED) is 0.931. The summed E-state index contributed by atoms with van der Waals surface area (Å²) in [6.07, 6.45) is 4.68. The van der Waals surface area contributed by atoms with Gasteiger partial charge in [-0.25, -0.2) is 0 Å².